The molecule has 1 heterocycles. The Morgan fingerprint density at radius 1 is 1.44 bits per heavy atom. The average molecular weight is 163 g/mol. The van der Waals surface area contributed by atoms with Crippen molar-refractivity contribution in [1.29, 1.82) is 0 Å². The van der Waals surface area contributed by atoms with Gasteiger partial charge in [-0.05, 0) is 24.5 Å². The van der Waals surface area contributed by atoms with Crippen molar-refractivity contribution in [3.8, 4) is 0 Å². The Labute approximate surface area is 64.1 Å². The summed E-state index contributed by atoms with van der Waals surface area (Å²) in [7, 11) is -0.0656. The minimum absolute atomic E-state index is 0.0656. The van der Waals surface area contributed by atoms with Crippen molar-refractivity contribution in [2.45, 2.75) is 12.8 Å². The second-order valence-corrected chi connectivity index (χ2v) is 6.59. The summed E-state index contributed by atoms with van der Waals surface area (Å²) in [5.41, 5.74) is 0.819. The van der Waals surface area contributed by atoms with E-state index in [1.807, 2.05) is 0 Å². The average Bonchev–Trinajstić information content (AvgIpc) is 2.35. The third kappa shape index (κ3) is 0.994. The zero-order chi connectivity index (χ0) is 6.48. The van der Waals surface area contributed by atoms with Gasteiger partial charge in [-0.15, -0.1) is 11.7 Å². The lowest BCUT2D eigenvalue weighted by Crippen LogP contribution is -2.44. The maximum absolute atomic E-state index is 4.42. The summed E-state index contributed by atoms with van der Waals surface area (Å²) in [5.74, 6) is 0. The quantitative estimate of drug-likeness (QED) is 0.437. The summed E-state index contributed by atoms with van der Waals surface area (Å²) in [4.78, 5) is 0. The van der Waals surface area contributed by atoms with E-state index in [1.54, 1.807) is 0 Å². The predicted molar refractivity (Wildman–Crippen MR) is 47.1 cm³/mol. The molecule has 1 saturated heterocycles. The monoisotopic (exact) mass is 163 g/mol. The summed E-state index contributed by atoms with van der Waals surface area (Å²) in [6.45, 7) is 2.69. The molecule has 1 unspecified atom stereocenters. The van der Waals surface area contributed by atoms with Crippen LogP contribution in [0.2, 0.25) is 0 Å². The maximum Gasteiger partial charge on any atom is 0.0149 e. The third-order valence-electron chi connectivity index (χ3n) is 2.40. The van der Waals surface area contributed by atoms with Crippen LogP contribution in [0.15, 0.2) is 0 Å². The first kappa shape index (κ1) is 6.38. The van der Waals surface area contributed by atoms with Gasteiger partial charge in [0.05, 0.1) is 0 Å². The van der Waals surface area contributed by atoms with Gasteiger partial charge in [0, 0.05) is 13.1 Å². The largest absolute Gasteiger partial charge is 0.261 e. The molecule has 1 aliphatic carbocycles. The lowest BCUT2D eigenvalue weighted by atomic mass is 10.0. The number of hydrogen-bond donors (Lipinski definition) is 2. The Hall–Kier alpha value is 0.660. The Kier molecular flexibility index (Phi) is 1.30. The molecule has 1 spiro atoms. The molecule has 2 aliphatic rings. The number of thiol groups is 2. The third-order valence-corrected chi connectivity index (χ3v) is 4.26. The zero-order valence-corrected chi connectivity index (χ0v) is 7.46. The van der Waals surface area contributed by atoms with Crippen LogP contribution < -0.4 is 0 Å². The van der Waals surface area contributed by atoms with Crippen molar-refractivity contribution in [3.05, 3.63) is 0 Å². The minimum Gasteiger partial charge on any atom is -0.261 e. The molecule has 0 aromatic rings. The molecule has 0 radical (unpaired) electrons. The van der Waals surface area contributed by atoms with Gasteiger partial charge in [0.2, 0.25) is 0 Å². The molecule has 1 saturated carbocycles. The molecule has 9 heavy (non-hydrogen) atoms. The van der Waals surface area contributed by atoms with Gasteiger partial charge in [0.15, 0.2) is 0 Å². The molecule has 1 aliphatic heterocycles. The molecular weight excluding hydrogens is 150 g/mol. The van der Waals surface area contributed by atoms with Gasteiger partial charge in [0.25, 0.3) is 0 Å². The highest BCUT2D eigenvalue weighted by Gasteiger charge is 2.52. The first-order valence-corrected chi connectivity index (χ1v) is 6.29. The second-order valence-electron chi connectivity index (χ2n) is 3.31. The molecule has 3 heteroatoms. The Bertz CT molecular complexity index is 123. The van der Waals surface area contributed by atoms with E-state index in [0.29, 0.717) is 0 Å². The standard InChI is InChI=1S/C6H13NS2/c1-9(8)7-4-6(5-7)2-3-6/h8-9H,2-5H2,1H3. The van der Waals surface area contributed by atoms with Crippen LogP contribution in [0.1, 0.15) is 12.8 Å². The van der Waals surface area contributed by atoms with Crippen LogP contribution in [0.3, 0.4) is 0 Å². The van der Waals surface area contributed by atoms with Crippen LogP contribution in [-0.2, 0) is 0 Å². The van der Waals surface area contributed by atoms with Gasteiger partial charge in [-0.1, -0.05) is 0 Å². The Balaban J connectivity index is 1.83. The molecule has 2 fully saturated rings. The summed E-state index contributed by atoms with van der Waals surface area (Å²) >= 11 is 4.42. The van der Waals surface area contributed by atoms with Crippen LogP contribution in [-0.4, -0.2) is 23.7 Å². The summed E-state index contributed by atoms with van der Waals surface area (Å²) < 4.78 is 2.49. The van der Waals surface area contributed by atoms with Crippen LogP contribution in [0.5, 0.6) is 0 Å². The lowest BCUT2D eigenvalue weighted by Gasteiger charge is -2.43. The molecule has 0 aromatic heterocycles. The molecule has 1 atom stereocenters. The van der Waals surface area contributed by atoms with E-state index in [4.69, 9.17) is 0 Å². The minimum atomic E-state index is -0.0656. The molecule has 0 bridgehead atoms. The molecule has 54 valence electrons. The topological polar surface area (TPSA) is 3.24 Å². The SMILES string of the molecule is C[SH](S)N1CC2(CC2)C1. The van der Waals surface area contributed by atoms with Crippen molar-refractivity contribution >= 4 is 21.8 Å². The van der Waals surface area contributed by atoms with Crippen LogP contribution in [0, 0.1) is 5.41 Å². The van der Waals surface area contributed by atoms with E-state index in [-0.39, 0.29) is 10.1 Å². The van der Waals surface area contributed by atoms with E-state index in [1.165, 1.54) is 25.9 Å². The molecule has 1 nitrogen and oxygen atoms in total. The fourth-order valence-corrected chi connectivity index (χ4v) is 2.81. The van der Waals surface area contributed by atoms with Gasteiger partial charge in [-0.25, -0.2) is 0 Å². The van der Waals surface area contributed by atoms with Crippen LogP contribution in [0.25, 0.3) is 0 Å². The van der Waals surface area contributed by atoms with Gasteiger partial charge < -0.3 is 0 Å². The van der Waals surface area contributed by atoms with Gasteiger partial charge in [0.1, 0.15) is 0 Å². The van der Waals surface area contributed by atoms with Crippen molar-refractivity contribution in [2.75, 3.05) is 19.3 Å². The summed E-state index contributed by atoms with van der Waals surface area (Å²) in [6.07, 6.45) is 5.19. The molecule has 0 aromatic carbocycles. The Morgan fingerprint density at radius 2 is 2.00 bits per heavy atom. The van der Waals surface area contributed by atoms with Crippen molar-refractivity contribution in [3.63, 3.8) is 0 Å². The fourth-order valence-electron chi connectivity index (χ4n) is 1.43. The number of rotatable bonds is 1. The van der Waals surface area contributed by atoms with Crippen molar-refractivity contribution < 1.29 is 0 Å². The molecular formula is C6H13NS2. The number of hydrogen-bond acceptors (Lipinski definition) is 2. The zero-order valence-electron chi connectivity index (χ0n) is 5.67. The summed E-state index contributed by atoms with van der Waals surface area (Å²) in [6, 6.07) is 0. The highest BCUT2D eigenvalue weighted by molar-refractivity contribution is 8.76. The van der Waals surface area contributed by atoms with Crippen molar-refractivity contribution in [2.24, 2.45) is 5.41 Å². The normalized spacial score (nSPS) is 36.0. The lowest BCUT2D eigenvalue weighted by molar-refractivity contribution is 0.196. The van der Waals surface area contributed by atoms with Gasteiger partial charge in [-0.3, -0.25) is 4.31 Å². The van der Waals surface area contributed by atoms with Gasteiger partial charge >= 0.3 is 0 Å². The molecule has 0 amide bonds. The van der Waals surface area contributed by atoms with E-state index >= 15 is 0 Å². The van der Waals surface area contributed by atoms with Gasteiger partial charge in [-0.2, -0.15) is 10.1 Å². The highest BCUT2D eigenvalue weighted by Crippen LogP contribution is 2.57. The van der Waals surface area contributed by atoms with E-state index < -0.39 is 0 Å². The smallest absolute Gasteiger partial charge is 0.0149 e. The maximum atomic E-state index is 4.42. The fraction of sp³-hybridized carbons (Fsp3) is 1.00. The highest BCUT2D eigenvalue weighted by atomic mass is 33.1. The predicted octanol–water partition coefficient (Wildman–Crippen LogP) is 1.47. The van der Waals surface area contributed by atoms with Crippen LogP contribution >= 0.6 is 21.8 Å². The first-order valence-electron chi connectivity index (χ1n) is 3.39. The van der Waals surface area contributed by atoms with E-state index in [9.17, 15) is 0 Å². The molecule has 2 rings (SSSR count). The van der Waals surface area contributed by atoms with Crippen LogP contribution in [0.4, 0.5) is 0 Å². The van der Waals surface area contributed by atoms with Crippen molar-refractivity contribution in [1.82, 2.24) is 4.31 Å². The second kappa shape index (κ2) is 1.83. The van der Waals surface area contributed by atoms with E-state index in [2.05, 4.69) is 22.2 Å². The van der Waals surface area contributed by atoms with E-state index in [0.717, 1.165) is 5.41 Å². The number of nitrogens with zero attached hydrogens (tertiary/aromatic N) is 1. The summed E-state index contributed by atoms with van der Waals surface area (Å²) in [5, 5.41) is 0. The Morgan fingerprint density at radius 3 is 2.33 bits per heavy atom. The first-order chi connectivity index (χ1) is 4.22. The molecule has 0 N–H and O–H groups in total.